The van der Waals surface area contributed by atoms with Crippen LogP contribution in [-0.4, -0.2) is 42.5 Å². The average molecular weight is 291 g/mol. The van der Waals surface area contributed by atoms with Crippen molar-refractivity contribution in [3.05, 3.63) is 30.1 Å². The highest BCUT2D eigenvalue weighted by atomic mass is 19.1. The summed E-state index contributed by atoms with van der Waals surface area (Å²) in [7, 11) is 0. The van der Waals surface area contributed by atoms with Crippen LogP contribution in [0.5, 0.6) is 0 Å². The molecule has 1 atom stereocenters. The Hall–Kier alpha value is -2.11. The molecule has 0 aliphatic carbocycles. The molecular weight excluding hydrogens is 273 g/mol. The predicted octanol–water partition coefficient (Wildman–Crippen LogP) is 1.74. The van der Waals surface area contributed by atoms with Gasteiger partial charge < -0.3 is 15.1 Å². The molecule has 0 saturated carbocycles. The van der Waals surface area contributed by atoms with Crippen molar-refractivity contribution in [2.75, 3.05) is 24.5 Å². The second-order valence-electron chi connectivity index (χ2n) is 5.53. The van der Waals surface area contributed by atoms with Crippen molar-refractivity contribution in [3.63, 3.8) is 0 Å². The van der Waals surface area contributed by atoms with Crippen molar-refractivity contribution in [1.82, 2.24) is 10.2 Å². The number of anilines is 1. The van der Waals surface area contributed by atoms with Crippen LogP contribution in [0.25, 0.3) is 0 Å². The molecule has 1 unspecified atom stereocenters. The third-order valence-corrected chi connectivity index (χ3v) is 3.97. The number of benzene rings is 1. The van der Waals surface area contributed by atoms with Gasteiger partial charge in [0.1, 0.15) is 5.82 Å². The Kier molecular flexibility index (Phi) is 3.77. The number of halogens is 1. The van der Waals surface area contributed by atoms with E-state index < -0.39 is 0 Å². The lowest BCUT2D eigenvalue weighted by atomic mass is 10.2. The van der Waals surface area contributed by atoms with Crippen LogP contribution in [0, 0.1) is 5.82 Å². The van der Waals surface area contributed by atoms with Crippen molar-refractivity contribution in [2.45, 2.75) is 25.3 Å². The second-order valence-corrected chi connectivity index (χ2v) is 5.53. The van der Waals surface area contributed by atoms with Gasteiger partial charge in [0.05, 0.1) is 6.04 Å². The standard InChI is InChI=1S/C15H18FN3O2/c16-11-4-3-5-13(8-11)19-10-12(9-14(19)20)17-15(21)18-6-1-2-7-18/h3-5,8,12H,1-2,6-7,9-10H2,(H,17,21). The summed E-state index contributed by atoms with van der Waals surface area (Å²) in [5, 5.41) is 2.90. The van der Waals surface area contributed by atoms with Crippen molar-refractivity contribution < 1.29 is 14.0 Å². The normalized spacial score (nSPS) is 22.0. The molecule has 0 aromatic heterocycles. The third-order valence-electron chi connectivity index (χ3n) is 3.97. The molecule has 3 amide bonds. The Bertz CT molecular complexity index is 558. The van der Waals surface area contributed by atoms with E-state index in [0.29, 0.717) is 12.2 Å². The molecular formula is C15H18FN3O2. The van der Waals surface area contributed by atoms with Gasteiger partial charge in [0, 0.05) is 31.7 Å². The van der Waals surface area contributed by atoms with Crippen molar-refractivity contribution in [1.29, 1.82) is 0 Å². The van der Waals surface area contributed by atoms with Crippen LogP contribution in [0.15, 0.2) is 24.3 Å². The number of hydrogen-bond acceptors (Lipinski definition) is 2. The highest BCUT2D eigenvalue weighted by Crippen LogP contribution is 2.22. The largest absolute Gasteiger partial charge is 0.333 e. The van der Waals surface area contributed by atoms with Gasteiger partial charge in [-0.25, -0.2) is 9.18 Å². The first kappa shape index (κ1) is 13.9. The molecule has 6 heteroatoms. The molecule has 1 N–H and O–H groups in total. The Balaban J connectivity index is 1.63. The average Bonchev–Trinajstić information content (AvgIpc) is 3.08. The molecule has 1 aromatic carbocycles. The number of carbonyl (C=O) groups excluding carboxylic acids is 2. The van der Waals surface area contributed by atoms with Crippen LogP contribution in [0.3, 0.4) is 0 Å². The van der Waals surface area contributed by atoms with Crippen LogP contribution in [0.2, 0.25) is 0 Å². The number of urea groups is 1. The first-order valence-electron chi connectivity index (χ1n) is 7.25. The highest BCUT2D eigenvalue weighted by Gasteiger charge is 2.32. The Labute approximate surface area is 122 Å². The van der Waals surface area contributed by atoms with Crippen LogP contribution in [0.4, 0.5) is 14.9 Å². The van der Waals surface area contributed by atoms with E-state index in [1.165, 1.54) is 17.0 Å². The minimum Gasteiger partial charge on any atom is -0.333 e. The minimum atomic E-state index is -0.371. The smallest absolute Gasteiger partial charge is 0.317 e. The fourth-order valence-corrected chi connectivity index (χ4v) is 2.88. The Morgan fingerprint density at radius 3 is 2.76 bits per heavy atom. The summed E-state index contributed by atoms with van der Waals surface area (Å²) in [6.07, 6.45) is 2.33. The van der Waals surface area contributed by atoms with E-state index in [2.05, 4.69) is 5.32 Å². The number of nitrogens with zero attached hydrogens (tertiary/aromatic N) is 2. The van der Waals surface area contributed by atoms with Crippen molar-refractivity contribution in [2.24, 2.45) is 0 Å². The van der Waals surface area contributed by atoms with E-state index in [1.54, 1.807) is 17.0 Å². The highest BCUT2D eigenvalue weighted by molar-refractivity contribution is 5.96. The fourth-order valence-electron chi connectivity index (χ4n) is 2.88. The Morgan fingerprint density at radius 1 is 1.29 bits per heavy atom. The van der Waals surface area contributed by atoms with Crippen molar-refractivity contribution >= 4 is 17.6 Å². The molecule has 0 radical (unpaired) electrons. The number of nitrogens with one attached hydrogen (secondary N) is 1. The quantitative estimate of drug-likeness (QED) is 0.902. The zero-order valence-corrected chi connectivity index (χ0v) is 11.7. The van der Waals surface area contributed by atoms with E-state index in [0.717, 1.165) is 25.9 Å². The van der Waals surface area contributed by atoms with E-state index in [9.17, 15) is 14.0 Å². The predicted molar refractivity (Wildman–Crippen MR) is 76.5 cm³/mol. The molecule has 0 spiro atoms. The third kappa shape index (κ3) is 2.99. The lowest BCUT2D eigenvalue weighted by Crippen LogP contribution is -2.44. The number of amides is 3. The summed E-state index contributed by atoms with van der Waals surface area (Å²) in [5.41, 5.74) is 0.540. The van der Waals surface area contributed by atoms with Crippen LogP contribution < -0.4 is 10.2 Å². The van der Waals surface area contributed by atoms with Crippen molar-refractivity contribution in [3.8, 4) is 0 Å². The lowest BCUT2D eigenvalue weighted by Gasteiger charge is -2.20. The van der Waals surface area contributed by atoms with Gasteiger partial charge in [-0.15, -0.1) is 0 Å². The zero-order valence-electron chi connectivity index (χ0n) is 11.7. The maximum atomic E-state index is 13.2. The first-order chi connectivity index (χ1) is 10.1. The summed E-state index contributed by atoms with van der Waals surface area (Å²) in [4.78, 5) is 27.4. The summed E-state index contributed by atoms with van der Waals surface area (Å²) in [5.74, 6) is -0.461. The van der Waals surface area contributed by atoms with E-state index in [4.69, 9.17) is 0 Å². The topological polar surface area (TPSA) is 52.7 Å². The molecule has 1 aromatic rings. The van der Waals surface area contributed by atoms with Gasteiger partial charge in [-0.1, -0.05) is 6.07 Å². The molecule has 112 valence electrons. The number of likely N-dealkylation sites (tertiary alicyclic amines) is 1. The molecule has 2 heterocycles. The summed E-state index contributed by atoms with van der Waals surface area (Å²) < 4.78 is 13.2. The van der Waals surface area contributed by atoms with Gasteiger partial charge in [0.15, 0.2) is 0 Å². The molecule has 2 fully saturated rings. The SMILES string of the molecule is O=C(NC1CC(=O)N(c2cccc(F)c2)C1)N1CCCC1. The maximum Gasteiger partial charge on any atom is 0.317 e. The van der Waals surface area contributed by atoms with E-state index in [-0.39, 0.29) is 30.2 Å². The molecule has 0 bridgehead atoms. The van der Waals surface area contributed by atoms with E-state index >= 15 is 0 Å². The molecule has 21 heavy (non-hydrogen) atoms. The zero-order chi connectivity index (χ0) is 14.8. The van der Waals surface area contributed by atoms with E-state index in [1.807, 2.05) is 0 Å². The van der Waals surface area contributed by atoms with Gasteiger partial charge in [-0.3, -0.25) is 4.79 Å². The van der Waals surface area contributed by atoms with Gasteiger partial charge in [0.2, 0.25) is 5.91 Å². The van der Waals surface area contributed by atoms with Crippen LogP contribution in [-0.2, 0) is 4.79 Å². The summed E-state index contributed by atoms with van der Waals surface area (Å²) >= 11 is 0. The summed E-state index contributed by atoms with van der Waals surface area (Å²) in [6.45, 7) is 1.95. The lowest BCUT2D eigenvalue weighted by molar-refractivity contribution is -0.117. The number of carbonyl (C=O) groups is 2. The number of rotatable bonds is 2. The van der Waals surface area contributed by atoms with Gasteiger partial charge in [0.25, 0.3) is 0 Å². The fraction of sp³-hybridized carbons (Fsp3) is 0.467. The first-order valence-corrected chi connectivity index (χ1v) is 7.25. The van der Waals surface area contributed by atoms with Gasteiger partial charge in [-0.2, -0.15) is 0 Å². The van der Waals surface area contributed by atoms with Gasteiger partial charge >= 0.3 is 6.03 Å². The van der Waals surface area contributed by atoms with Gasteiger partial charge in [-0.05, 0) is 31.0 Å². The second kappa shape index (κ2) is 5.71. The molecule has 5 nitrogen and oxygen atoms in total. The van der Waals surface area contributed by atoms with Crippen LogP contribution in [0.1, 0.15) is 19.3 Å². The monoisotopic (exact) mass is 291 g/mol. The maximum absolute atomic E-state index is 13.2. The summed E-state index contributed by atoms with van der Waals surface area (Å²) in [6, 6.07) is 5.64. The molecule has 3 rings (SSSR count). The minimum absolute atomic E-state index is 0.0904. The molecule has 2 aliphatic rings. The molecule has 2 aliphatic heterocycles. The van der Waals surface area contributed by atoms with Crippen LogP contribution >= 0.6 is 0 Å². The molecule has 2 saturated heterocycles. The number of hydrogen-bond donors (Lipinski definition) is 1. The Morgan fingerprint density at radius 2 is 2.05 bits per heavy atom.